The number of fused-ring (bicyclic) bond motifs is 2. The first-order valence-electron chi connectivity index (χ1n) is 30.1. The maximum absolute atomic E-state index is 13.5. The number of phosphoric ester groups is 1. The molecule has 2 aliphatic heterocycles. The van der Waals surface area contributed by atoms with Crippen molar-refractivity contribution in [1.82, 2.24) is 26.6 Å². The molecular weight excluding hydrogens is 1390 g/mol. The van der Waals surface area contributed by atoms with Gasteiger partial charge in [0.1, 0.15) is 41.8 Å². The second-order valence-electron chi connectivity index (χ2n) is 21.3. The van der Waals surface area contributed by atoms with E-state index in [9.17, 15) is 57.4 Å². The van der Waals surface area contributed by atoms with Crippen LogP contribution < -0.4 is 37.3 Å². The van der Waals surface area contributed by atoms with Crippen LogP contribution in [0.4, 0.5) is 15.3 Å². The number of benzene rings is 3. The van der Waals surface area contributed by atoms with Crippen molar-refractivity contribution in [2.45, 2.75) is 83.8 Å². The lowest BCUT2D eigenvalue weighted by Gasteiger charge is -2.23. The van der Waals surface area contributed by atoms with E-state index in [0.29, 0.717) is 78.3 Å². The number of hydrogen-bond donors (Lipinski definition) is 11. The average molecular weight is 1470 g/mol. The van der Waals surface area contributed by atoms with Crippen molar-refractivity contribution >= 4 is 98.1 Å². The summed E-state index contributed by atoms with van der Waals surface area (Å²) in [6, 6.07) is 11.2. The van der Waals surface area contributed by atoms with Crippen LogP contribution in [0.2, 0.25) is 0 Å². The molecule has 1 saturated heterocycles. The Morgan fingerprint density at radius 1 is 0.847 bits per heavy atom. The van der Waals surface area contributed by atoms with Gasteiger partial charge in [-0.25, -0.2) is 28.1 Å². The average Bonchev–Trinajstić information content (AvgIpc) is 0.846. The third-order valence-electron chi connectivity index (χ3n) is 13.4. The standard InChI is InChI=1S/C58H79N10O25P3S2/c1-7-60-45-29-48-43(26-37(45)3)51(44-27-38(4)46(61-8-2)30-49(44)91-48)42-28-39(13-14-41(42)55(72)73)53(70)62-17-22-83-24-25-84-23-18-64-57(75)87-21-15-58(5,6)98-97-36-85-19-9-10-20-86-56(74)63-16-11-12-40(54(71)66-34-69)31-65-47-32-88-50(52(47)89-35-67-68-59)33-90-95(79,80)93-96(81,82)92-94(76,77)78/h13-14,26-31,34,47,50,52,60,65H,7-10,15-25,32-33,35-36H2,1-6H3,(H,62,70)(H,63,74)(H,64,75)(H,72,73)(H,79,80)(H,81,82)(H,66,69,71)(H2,76,77,78)/b40-31-,61-46-/t47?,50-,52?/m1/s1. The van der Waals surface area contributed by atoms with E-state index in [1.54, 1.807) is 16.9 Å². The molecule has 0 aromatic heterocycles. The van der Waals surface area contributed by atoms with Crippen molar-refractivity contribution in [2.75, 3.05) is 110 Å². The summed E-state index contributed by atoms with van der Waals surface area (Å²) in [5.41, 5.74) is 13.5. The molecule has 2 heterocycles. The molecule has 2 aromatic carbocycles. The van der Waals surface area contributed by atoms with Gasteiger partial charge in [-0.2, -0.15) is 8.62 Å². The summed E-state index contributed by atoms with van der Waals surface area (Å²) in [6.45, 7) is 12.8. The Kier molecular flexibility index (Phi) is 34.0. The number of phosphoric acid groups is 3. The van der Waals surface area contributed by atoms with Gasteiger partial charge in [0.2, 0.25) is 6.41 Å². The first-order chi connectivity index (χ1) is 46.6. The summed E-state index contributed by atoms with van der Waals surface area (Å²) in [7, 11) is -14.0. The van der Waals surface area contributed by atoms with Gasteiger partial charge in [-0.1, -0.05) is 38.5 Å². The van der Waals surface area contributed by atoms with Crippen LogP contribution in [0, 0.1) is 25.7 Å². The normalized spacial score (nSPS) is 16.2. The van der Waals surface area contributed by atoms with E-state index in [0.717, 1.165) is 28.4 Å². The lowest BCUT2D eigenvalue weighted by molar-refractivity contribution is -0.122. The summed E-state index contributed by atoms with van der Waals surface area (Å²) in [4.78, 5) is 118. The highest BCUT2D eigenvalue weighted by Gasteiger charge is 2.44. The highest BCUT2D eigenvalue weighted by Crippen LogP contribution is 2.66. The number of aromatic carboxylic acids is 1. The molecule has 11 N–H and O–H groups in total. The number of carboxylic acid groups (broad SMARTS) is 1. The van der Waals surface area contributed by atoms with Crippen LogP contribution in [0.1, 0.15) is 78.8 Å². The quantitative estimate of drug-likeness (QED) is 0.00183. The molecule has 0 bridgehead atoms. The number of rotatable bonds is 42. The number of amides is 5. The van der Waals surface area contributed by atoms with Crippen molar-refractivity contribution in [3.05, 3.63) is 92.3 Å². The summed E-state index contributed by atoms with van der Waals surface area (Å²) < 4.78 is 91.4. The molecule has 35 nitrogen and oxygen atoms in total. The Morgan fingerprint density at radius 2 is 1.56 bits per heavy atom. The van der Waals surface area contributed by atoms with Crippen LogP contribution in [-0.2, 0) is 69.6 Å². The molecule has 0 spiro atoms. The zero-order valence-corrected chi connectivity index (χ0v) is 58.5. The monoisotopic (exact) mass is 1470 g/mol. The number of unbranched alkanes of at least 4 members (excludes halogenated alkanes) is 1. The lowest BCUT2D eigenvalue weighted by Crippen LogP contribution is -2.42. The van der Waals surface area contributed by atoms with Crippen molar-refractivity contribution in [3.63, 3.8) is 0 Å². The van der Waals surface area contributed by atoms with Crippen LogP contribution in [0.25, 0.3) is 43.9 Å². The second kappa shape index (κ2) is 40.8. The SMILES string of the molecule is CC/N=c1/cc2oc3cc(NCC)c(C)cc3c(-c3cc(C(=O)NCCOCCOCCNC(=O)OCCC(C)(C)SSCOCCCCOC(=O)NCC#C/C(=C/NC4CO[C@H](COP(=O)(O)OP(=O)(O)OP(=O)(O)O)C4OCN=[N+]=[N-])C(=O)NC=O)ccc3C(=O)O)c-2cc1C. The number of imide groups is 1. The Morgan fingerprint density at radius 3 is 2.26 bits per heavy atom. The van der Waals surface area contributed by atoms with Gasteiger partial charge in [-0.3, -0.25) is 29.2 Å². The molecule has 3 aliphatic rings. The predicted molar refractivity (Wildman–Crippen MR) is 357 cm³/mol. The zero-order chi connectivity index (χ0) is 71.9. The van der Waals surface area contributed by atoms with E-state index in [2.05, 4.69) is 66.6 Å². The van der Waals surface area contributed by atoms with Gasteiger partial charge in [0.15, 0.2) is 0 Å². The van der Waals surface area contributed by atoms with E-state index in [1.165, 1.54) is 22.9 Å². The number of carbonyl (C=O) groups is 6. The first-order valence-corrected chi connectivity index (χ1v) is 36.9. The van der Waals surface area contributed by atoms with Crippen LogP contribution in [0.5, 0.6) is 0 Å². The van der Waals surface area contributed by atoms with E-state index in [1.807, 2.05) is 71.1 Å². The maximum Gasteiger partial charge on any atom is 0.490 e. The number of carboxylic acids is 1. The number of azide groups is 1. The molecule has 40 heteroatoms. The smallest absolute Gasteiger partial charge is 0.478 e. The third kappa shape index (κ3) is 28.2. The van der Waals surface area contributed by atoms with E-state index >= 15 is 0 Å². The maximum atomic E-state index is 13.5. The van der Waals surface area contributed by atoms with Crippen LogP contribution in [0.3, 0.4) is 0 Å². The van der Waals surface area contributed by atoms with Gasteiger partial charge in [-0.05, 0) is 113 Å². The van der Waals surface area contributed by atoms with Crippen LogP contribution >= 0.6 is 45.1 Å². The van der Waals surface area contributed by atoms with E-state index in [-0.39, 0.29) is 93.7 Å². The number of alkyl carbamates (subject to hydrolysis) is 2. The van der Waals surface area contributed by atoms with Crippen LogP contribution in [-0.4, -0.2) is 189 Å². The van der Waals surface area contributed by atoms with Crippen molar-refractivity contribution in [3.8, 4) is 34.3 Å². The number of nitrogens with zero attached hydrogens (tertiary/aromatic N) is 4. The van der Waals surface area contributed by atoms with Crippen molar-refractivity contribution in [2.24, 2.45) is 10.1 Å². The highest BCUT2D eigenvalue weighted by atomic mass is 33.1. The van der Waals surface area contributed by atoms with Crippen molar-refractivity contribution in [1.29, 1.82) is 0 Å². The summed E-state index contributed by atoms with van der Waals surface area (Å²) >= 11 is 0. The Hall–Kier alpha value is -7.13. The molecule has 0 saturated carbocycles. The first kappa shape index (κ1) is 81.5. The number of anilines is 1. The molecule has 4 unspecified atom stereocenters. The molecule has 1 fully saturated rings. The van der Waals surface area contributed by atoms with Gasteiger partial charge in [-0.15, -0.1) is 0 Å². The van der Waals surface area contributed by atoms with Crippen molar-refractivity contribution < 1.29 is 118 Å². The number of carbonyl (C=O) groups excluding carboxylic acids is 5. The Bertz CT molecular complexity index is 3750. The fourth-order valence-electron chi connectivity index (χ4n) is 8.98. The summed E-state index contributed by atoms with van der Waals surface area (Å²) in [6.07, 6.45) is -1.22. The topological polar surface area (TPSA) is 494 Å². The minimum absolute atomic E-state index is 0.0214. The van der Waals surface area contributed by atoms with Gasteiger partial charge in [0.05, 0.1) is 76.4 Å². The number of hydrogen-bond acceptors (Lipinski definition) is 26. The number of nitrogens with one attached hydrogen (secondary N) is 6. The van der Waals surface area contributed by atoms with Crippen LogP contribution in [0.15, 0.2) is 68.8 Å². The fourth-order valence-corrected chi connectivity index (χ4v) is 14.3. The third-order valence-corrected chi connectivity index (χ3v) is 20.3. The molecule has 1 aliphatic carbocycles. The summed E-state index contributed by atoms with van der Waals surface area (Å²) in [5.74, 6) is 3.33. The van der Waals surface area contributed by atoms with E-state index < -0.39 is 85.0 Å². The summed E-state index contributed by atoms with van der Waals surface area (Å²) in [5, 5.41) is 31.0. The zero-order valence-electron chi connectivity index (χ0n) is 54.2. The second-order valence-corrected chi connectivity index (χ2v) is 28.7. The molecule has 5 rings (SSSR count). The predicted octanol–water partition coefficient (Wildman–Crippen LogP) is 6.91. The van der Waals surface area contributed by atoms with E-state index in [4.69, 9.17) is 52.9 Å². The Balaban J connectivity index is 0.911. The van der Waals surface area contributed by atoms with Gasteiger partial charge in [0.25, 0.3) is 11.8 Å². The Labute approximate surface area is 570 Å². The molecule has 538 valence electrons. The largest absolute Gasteiger partial charge is 0.490 e. The molecular formula is C58H79N10O25P3S2. The van der Waals surface area contributed by atoms with Gasteiger partial charge < -0.3 is 88.8 Å². The number of aryl methyl sites for hydroxylation is 2. The molecule has 5 atom stereocenters. The molecule has 98 heavy (non-hydrogen) atoms. The van der Waals surface area contributed by atoms with Gasteiger partial charge >= 0.3 is 41.6 Å². The lowest BCUT2D eigenvalue weighted by atomic mass is 9.88. The highest BCUT2D eigenvalue weighted by molar-refractivity contribution is 8.77. The minimum Gasteiger partial charge on any atom is -0.478 e. The number of ether oxygens (including phenoxy) is 7. The molecule has 2 aromatic rings. The molecule has 0 radical (unpaired) electrons. The van der Waals surface area contributed by atoms with Gasteiger partial charge in [0, 0.05) is 88.5 Å². The molecule has 5 amide bonds. The fraction of sp³-hybridized carbons (Fsp3) is 0.500. The minimum atomic E-state index is -5.82.